The van der Waals surface area contributed by atoms with Crippen LogP contribution in [0.5, 0.6) is 0 Å². The van der Waals surface area contributed by atoms with E-state index in [1.54, 1.807) is 0 Å². The van der Waals surface area contributed by atoms with Crippen molar-refractivity contribution < 1.29 is 0 Å². The first-order chi connectivity index (χ1) is 4.70. The molecule has 0 saturated heterocycles. The Labute approximate surface area is 72.1 Å². The second-order valence-electron chi connectivity index (χ2n) is 2.42. The summed E-state index contributed by atoms with van der Waals surface area (Å²) < 4.78 is 0. The molecule has 0 N–H and O–H groups in total. The van der Waals surface area contributed by atoms with E-state index in [0.717, 1.165) is 0 Å². The lowest BCUT2D eigenvalue weighted by Gasteiger charge is -2.01. The van der Waals surface area contributed by atoms with E-state index in [4.69, 9.17) is 0 Å². The quantitative estimate of drug-likeness (QED) is 0.483. The maximum atomic E-state index is 3.68. The van der Waals surface area contributed by atoms with Crippen LogP contribution in [0.2, 0.25) is 0 Å². The van der Waals surface area contributed by atoms with Gasteiger partial charge in [0.25, 0.3) is 0 Å². The molecule has 0 heterocycles. The number of halogens is 1. The molecule has 0 nitrogen and oxygen atoms in total. The highest BCUT2D eigenvalue weighted by molar-refractivity contribution is 9.09. The molecule has 0 aromatic carbocycles. The summed E-state index contributed by atoms with van der Waals surface area (Å²) in [6.45, 7) is 7.94. The third kappa shape index (κ3) is 4.80. The van der Waals surface area contributed by atoms with Crippen LogP contribution in [0.1, 0.15) is 26.7 Å². The van der Waals surface area contributed by atoms with Crippen LogP contribution in [0.4, 0.5) is 0 Å². The molecule has 0 saturated carbocycles. The Morgan fingerprint density at radius 1 is 1.70 bits per heavy atom. The largest absolute Gasteiger partial charge is 0.0988 e. The van der Waals surface area contributed by atoms with Gasteiger partial charge in [-0.3, -0.25) is 0 Å². The third-order valence-corrected chi connectivity index (χ3v) is 2.05. The average Bonchev–Trinajstić information content (AvgIpc) is 1.88. The lowest BCUT2D eigenvalue weighted by molar-refractivity contribution is 0.833. The standard InChI is InChI=1S/C9H15Br/c1-4-6-9(10)7-8(3)5-2/h5,7,9H,2,4,6H2,1,3H3. The molecule has 1 atom stereocenters. The second-order valence-corrected chi connectivity index (χ2v) is 3.60. The molecule has 0 fully saturated rings. The van der Waals surface area contributed by atoms with E-state index in [1.807, 2.05) is 6.08 Å². The van der Waals surface area contributed by atoms with Crippen molar-refractivity contribution in [3.8, 4) is 0 Å². The topological polar surface area (TPSA) is 0 Å². The fourth-order valence-electron chi connectivity index (χ4n) is 0.712. The molecule has 0 bridgehead atoms. The summed E-state index contributed by atoms with van der Waals surface area (Å²) in [6.07, 6.45) is 6.49. The van der Waals surface area contributed by atoms with Crippen LogP contribution in [-0.4, -0.2) is 4.83 Å². The maximum absolute atomic E-state index is 3.68. The van der Waals surface area contributed by atoms with Crippen molar-refractivity contribution in [2.45, 2.75) is 31.5 Å². The number of allylic oxidation sites excluding steroid dienone is 3. The van der Waals surface area contributed by atoms with Crippen molar-refractivity contribution in [3.63, 3.8) is 0 Å². The van der Waals surface area contributed by atoms with Gasteiger partial charge >= 0.3 is 0 Å². The predicted octanol–water partition coefficient (Wildman–Crippen LogP) is 3.68. The Morgan fingerprint density at radius 2 is 2.30 bits per heavy atom. The maximum Gasteiger partial charge on any atom is 0.0330 e. The van der Waals surface area contributed by atoms with Gasteiger partial charge in [-0.1, -0.05) is 53.6 Å². The molecule has 0 aromatic heterocycles. The Bertz CT molecular complexity index is 125. The van der Waals surface area contributed by atoms with Crippen LogP contribution in [0.3, 0.4) is 0 Å². The number of rotatable bonds is 4. The summed E-state index contributed by atoms with van der Waals surface area (Å²) in [7, 11) is 0. The summed E-state index contributed by atoms with van der Waals surface area (Å²) >= 11 is 3.56. The second kappa shape index (κ2) is 5.72. The first kappa shape index (κ1) is 9.96. The van der Waals surface area contributed by atoms with Crippen LogP contribution in [0.15, 0.2) is 24.3 Å². The van der Waals surface area contributed by atoms with Gasteiger partial charge in [0.1, 0.15) is 0 Å². The van der Waals surface area contributed by atoms with Gasteiger partial charge < -0.3 is 0 Å². The molecule has 0 aliphatic carbocycles. The van der Waals surface area contributed by atoms with E-state index in [2.05, 4.69) is 42.4 Å². The highest BCUT2D eigenvalue weighted by Gasteiger charge is 1.96. The Morgan fingerprint density at radius 3 is 2.70 bits per heavy atom. The van der Waals surface area contributed by atoms with E-state index in [1.165, 1.54) is 18.4 Å². The molecular formula is C9H15Br. The average molecular weight is 203 g/mol. The Balaban J connectivity index is 3.73. The summed E-state index contributed by atoms with van der Waals surface area (Å²) in [5.74, 6) is 0. The summed E-state index contributed by atoms with van der Waals surface area (Å²) in [5, 5.41) is 0. The van der Waals surface area contributed by atoms with Gasteiger partial charge in [0, 0.05) is 4.83 Å². The summed E-state index contributed by atoms with van der Waals surface area (Å²) in [5.41, 5.74) is 1.25. The van der Waals surface area contributed by atoms with E-state index in [0.29, 0.717) is 4.83 Å². The summed E-state index contributed by atoms with van der Waals surface area (Å²) in [6, 6.07) is 0. The number of hydrogen-bond acceptors (Lipinski definition) is 0. The zero-order valence-electron chi connectivity index (χ0n) is 6.73. The fraction of sp³-hybridized carbons (Fsp3) is 0.556. The molecule has 1 heteroatoms. The molecule has 0 aliphatic rings. The molecule has 0 aromatic rings. The molecule has 1 unspecified atom stereocenters. The SMILES string of the molecule is C=CC(C)=CC(Br)CCC. The minimum Gasteiger partial charge on any atom is -0.0988 e. The molecule has 0 spiro atoms. The van der Waals surface area contributed by atoms with Gasteiger partial charge in [-0.25, -0.2) is 0 Å². The third-order valence-electron chi connectivity index (χ3n) is 1.33. The number of hydrogen-bond donors (Lipinski definition) is 0. The van der Waals surface area contributed by atoms with Crippen LogP contribution in [0.25, 0.3) is 0 Å². The molecule has 0 amide bonds. The molecule has 0 radical (unpaired) electrons. The molecule has 58 valence electrons. The van der Waals surface area contributed by atoms with E-state index in [-0.39, 0.29) is 0 Å². The zero-order chi connectivity index (χ0) is 7.98. The highest BCUT2D eigenvalue weighted by atomic mass is 79.9. The molecule has 0 aliphatic heterocycles. The molecule has 0 rings (SSSR count). The fourth-order valence-corrected chi connectivity index (χ4v) is 1.59. The van der Waals surface area contributed by atoms with Crippen LogP contribution in [0, 0.1) is 0 Å². The van der Waals surface area contributed by atoms with Gasteiger partial charge in [-0.15, -0.1) is 0 Å². The van der Waals surface area contributed by atoms with E-state index in [9.17, 15) is 0 Å². The summed E-state index contributed by atoms with van der Waals surface area (Å²) in [4.78, 5) is 0.524. The normalized spacial score (nSPS) is 14.9. The van der Waals surface area contributed by atoms with E-state index < -0.39 is 0 Å². The minimum absolute atomic E-state index is 0.524. The predicted molar refractivity (Wildman–Crippen MR) is 51.6 cm³/mol. The van der Waals surface area contributed by atoms with Gasteiger partial charge in [0.15, 0.2) is 0 Å². The van der Waals surface area contributed by atoms with E-state index >= 15 is 0 Å². The van der Waals surface area contributed by atoms with Crippen molar-refractivity contribution >= 4 is 15.9 Å². The minimum atomic E-state index is 0.524. The van der Waals surface area contributed by atoms with Crippen molar-refractivity contribution in [2.75, 3.05) is 0 Å². The van der Waals surface area contributed by atoms with Gasteiger partial charge in [-0.05, 0) is 13.3 Å². The highest BCUT2D eigenvalue weighted by Crippen LogP contribution is 2.11. The van der Waals surface area contributed by atoms with Crippen LogP contribution < -0.4 is 0 Å². The lowest BCUT2D eigenvalue weighted by Crippen LogP contribution is -1.91. The van der Waals surface area contributed by atoms with Crippen molar-refractivity contribution in [1.82, 2.24) is 0 Å². The first-order valence-corrected chi connectivity index (χ1v) is 4.57. The van der Waals surface area contributed by atoms with Crippen molar-refractivity contribution in [2.24, 2.45) is 0 Å². The Kier molecular flexibility index (Phi) is 5.70. The molecular weight excluding hydrogens is 188 g/mol. The van der Waals surface area contributed by atoms with Crippen molar-refractivity contribution in [3.05, 3.63) is 24.3 Å². The van der Waals surface area contributed by atoms with Crippen LogP contribution >= 0.6 is 15.9 Å². The molecule has 10 heavy (non-hydrogen) atoms. The first-order valence-electron chi connectivity index (χ1n) is 3.65. The smallest absolute Gasteiger partial charge is 0.0330 e. The Hall–Kier alpha value is -0.0400. The van der Waals surface area contributed by atoms with Gasteiger partial charge in [-0.2, -0.15) is 0 Å². The van der Waals surface area contributed by atoms with Gasteiger partial charge in [0.05, 0.1) is 0 Å². The van der Waals surface area contributed by atoms with Crippen molar-refractivity contribution in [1.29, 1.82) is 0 Å². The van der Waals surface area contributed by atoms with Gasteiger partial charge in [0.2, 0.25) is 0 Å². The monoisotopic (exact) mass is 202 g/mol. The lowest BCUT2D eigenvalue weighted by atomic mass is 10.2. The zero-order valence-corrected chi connectivity index (χ0v) is 8.32. The van der Waals surface area contributed by atoms with Crippen LogP contribution in [-0.2, 0) is 0 Å². The number of alkyl halides is 1.